The third-order valence-corrected chi connectivity index (χ3v) is 5.30. The number of nitrogens with zero attached hydrogens (tertiary/aromatic N) is 2. The van der Waals surface area contributed by atoms with E-state index < -0.39 is 0 Å². The highest BCUT2D eigenvalue weighted by Crippen LogP contribution is 2.37. The van der Waals surface area contributed by atoms with Gasteiger partial charge in [0.05, 0.1) is 10.9 Å². The Morgan fingerprint density at radius 1 is 1.10 bits per heavy atom. The van der Waals surface area contributed by atoms with E-state index in [4.69, 9.17) is 4.98 Å². The number of para-hydroxylation sites is 1. The summed E-state index contributed by atoms with van der Waals surface area (Å²) < 4.78 is 1.93. The molecule has 2 aromatic rings. The summed E-state index contributed by atoms with van der Waals surface area (Å²) in [4.78, 5) is 17.4. The molecule has 2 aliphatic rings. The van der Waals surface area contributed by atoms with Crippen LogP contribution < -0.4 is 5.56 Å². The minimum Gasteiger partial charge on any atom is -0.296 e. The van der Waals surface area contributed by atoms with Gasteiger partial charge in [-0.3, -0.25) is 9.36 Å². The van der Waals surface area contributed by atoms with Crippen LogP contribution in [0.25, 0.3) is 10.9 Å². The highest BCUT2D eigenvalue weighted by Gasteiger charge is 2.29. The number of benzene rings is 1. The fraction of sp³-hybridized carbons (Fsp3) is 0.556. The molecule has 1 aromatic heterocycles. The lowest BCUT2D eigenvalue weighted by Gasteiger charge is -2.24. The van der Waals surface area contributed by atoms with Crippen LogP contribution in [0.1, 0.15) is 56.7 Å². The molecular weight excluding hydrogens is 260 g/mol. The van der Waals surface area contributed by atoms with E-state index >= 15 is 0 Å². The Kier molecular flexibility index (Phi) is 3.28. The summed E-state index contributed by atoms with van der Waals surface area (Å²) >= 11 is 0. The fourth-order valence-corrected chi connectivity index (χ4v) is 4.18. The molecule has 3 heteroatoms. The molecule has 1 unspecified atom stereocenters. The molecular formula is C18H22N2O. The molecule has 1 aliphatic heterocycles. The van der Waals surface area contributed by atoms with Crippen molar-refractivity contribution in [2.45, 2.75) is 57.4 Å². The van der Waals surface area contributed by atoms with Gasteiger partial charge in [0.15, 0.2) is 0 Å². The second-order valence-electron chi connectivity index (χ2n) is 6.67. The van der Waals surface area contributed by atoms with Crippen molar-refractivity contribution in [3.8, 4) is 0 Å². The Morgan fingerprint density at radius 3 is 2.76 bits per heavy atom. The van der Waals surface area contributed by atoms with Gasteiger partial charge in [-0.2, -0.15) is 0 Å². The number of hydrogen-bond acceptors (Lipinski definition) is 2. The molecule has 2 heterocycles. The third kappa shape index (κ3) is 2.29. The fourth-order valence-electron chi connectivity index (χ4n) is 4.18. The molecule has 4 rings (SSSR count). The van der Waals surface area contributed by atoms with Gasteiger partial charge in [-0.25, -0.2) is 4.98 Å². The van der Waals surface area contributed by atoms with E-state index in [2.05, 4.69) is 0 Å². The molecule has 1 saturated carbocycles. The SMILES string of the molecule is O=c1c2ccccc2nc2n1CCC2CC1CCCCC1. The van der Waals surface area contributed by atoms with Crippen LogP contribution in [0.15, 0.2) is 29.1 Å². The molecule has 1 aliphatic carbocycles. The zero-order chi connectivity index (χ0) is 14.2. The van der Waals surface area contributed by atoms with Crippen molar-refractivity contribution < 1.29 is 0 Å². The van der Waals surface area contributed by atoms with Crippen LogP contribution in [0.4, 0.5) is 0 Å². The molecule has 1 fully saturated rings. The van der Waals surface area contributed by atoms with Gasteiger partial charge in [0, 0.05) is 12.5 Å². The molecule has 110 valence electrons. The summed E-state index contributed by atoms with van der Waals surface area (Å²) in [5.41, 5.74) is 1.02. The second kappa shape index (κ2) is 5.28. The van der Waals surface area contributed by atoms with Gasteiger partial charge in [0.2, 0.25) is 0 Å². The van der Waals surface area contributed by atoms with Gasteiger partial charge in [-0.05, 0) is 30.9 Å². The van der Waals surface area contributed by atoms with Crippen molar-refractivity contribution in [1.82, 2.24) is 9.55 Å². The van der Waals surface area contributed by atoms with Crippen molar-refractivity contribution in [2.24, 2.45) is 5.92 Å². The standard InChI is InChI=1S/C18H22N2O/c21-18-15-8-4-5-9-16(15)19-17-14(10-11-20(17)18)12-13-6-2-1-3-7-13/h4-5,8-9,13-14H,1-3,6-7,10-12H2. The van der Waals surface area contributed by atoms with E-state index in [1.54, 1.807) is 0 Å². The lowest BCUT2D eigenvalue weighted by molar-refractivity contribution is 0.315. The maximum atomic E-state index is 12.6. The van der Waals surface area contributed by atoms with E-state index in [1.807, 2.05) is 28.8 Å². The first kappa shape index (κ1) is 13.1. The Bertz CT molecular complexity index is 713. The molecule has 21 heavy (non-hydrogen) atoms. The molecule has 0 N–H and O–H groups in total. The van der Waals surface area contributed by atoms with Crippen molar-refractivity contribution in [3.05, 3.63) is 40.4 Å². The minimum atomic E-state index is 0.154. The number of fused-ring (bicyclic) bond motifs is 2. The van der Waals surface area contributed by atoms with Crippen LogP contribution in [0.3, 0.4) is 0 Å². The molecule has 0 bridgehead atoms. The summed E-state index contributed by atoms with van der Waals surface area (Å²) in [6.45, 7) is 0.851. The minimum absolute atomic E-state index is 0.154. The van der Waals surface area contributed by atoms with E-state index in [9.17, 15) is 4.79 Å². The van der Waals surface area contributed by atoms with Crippen molar-refractivity contribution >= 4 is 10.9 Å². The molecule has 0 spiro atoms. The van der Waals surface area contributed by atoms with Gasteiger partial charge >= 0.3 is 0 Å². The highest BCUT2D eigenvalue weighted by molar-refractivity contribution is 5.77. The Morgan fingerprint density at radius 2 is 1.90 bits per heavy atom. The summed E-state index contributed by atoms with van der Waals surface area (Å²) in [6.07, 6.45) is 9.23. The summed E-state index contributed by atoms with van der Waals surface area (Å²) in [5.74, 6) is 2.38. The van der Waals surface area contributed by atoms with Gasteiger partial charge in [-0.1, -0.05) is 44.2 Å². The zero-order valence-corrected chi connectivity index (χ0v) is 12.4. The number of rotatable bonds is 2. The zero-order valence-electron chi connectivity index (χ0n) is 12.4. The number of aromatic nitrogens is 2. The largest absolute Gasteiger partial charge is 0.296 e. The molecule has 0 radical (unpaired) electrons. The van der Waals surface area contributed by atoms with E-state index in [1.165, 1.54) is 38.5 Å². The van der Waals surface area contributed by atoms with Gasteiger partial charge in [0.25, 0.3) is 5.56 Å². The van der Waals surface area contributed by atoms with Crippen LogP contribution in [0.5, 0.6) is 0 Å². The van der Waals surface area contributed by atoms with Crippen LogP contribution in [-0.2, 0) is 6.54 Å². The lowest BCUT2D eigenvalue weighted by atomic mass is 9.82. The Labute approximate surface area is 125 Å². The van der Waals surface area contributed by atoms with Crippen LogP contribution in [0, 0.1) is 5.92 Å². The van der Waals surface area contributed by atoms with Gasteiger partial charge in [0.1, 0.15) is 5.82 Å². The van der Waals surface area contributed by atoms with E-state index in [0.29, 0.717) is 5.92 Å². The van der Waals surface area contributed by atoms with Gasteiger partial charge < -0.3 is 0 Å². The molecule has 0 saturated heterocycles. The Hall–Kier alpha value is -1.64. The summed E-state index contributed by atoms with van der Waals surface area (Å²) in [7, 11) is 0. The maximum absolute atomic E-state index is 12.6. The topological polar surface area (TPSA) is 34.9 Å². The summed E-state index contributed by atoms with van der Waals surface area (Å²) in [5, 5.41) is 0.763. The van der Waals surface area contributed by atoms with Crippen LogP contribution in [-0.4, -0.2) is 9.55 Å². The van der Waals surface area contributed by atoms with E-state index in [-0.39, 0.29) is 5.56 Å². The highest BCUT2D eigenvalue weighted by atomic mass is 16.1. The third-order valence-electron chi connectivity index (χ3n) is 5.30. The smallest absolute Gasteiger partial charge is 0.261 e. The van der Waals surface area contributed by atoms with Crippen molar-refractivity contribution in [1.29, 1.82) is 0 Å². The maximum Gasteiger partial charge on any atom is 0.261 e. The predicted molar refractivity (Wildman–Crippen MR) is 84.6 cm³/mol. The van der Waals surface area contributed by atoms with Crippen molar-refractivity contribution in [3.63, 3.8) is 0 Å². The first-order valence-electron chi connectivity index (χ1n) is 8.32. The predicted octanol–water partition coefficient (Wildman–Crippen LogP) is 3.85. The number of hydrogen-bond donors (Lipinski definition) is 0. The first-order valence-corrected chi connectivity index (χ1v) is 8.32. The molecule has 1 aromatic carbocycles. The van der Waals surface area contributed by atoms with Crippen molar-refractivity contribution in [2.75, 3.05) is 0 Å². The Balaban J connectivity index is 1.69. The lowest BCUT2D eigenvalue weighted by Crippen LogP contribution is -2.21. The summed E-state index contributed by atoms with van der Waals surface area (Å²) in [6, 6.07) is 7.75. The van der Waals surface area contributed by atoms with Crippen LogP contribution in [0.2, 0.25) is 0 Å². The average Bonchev–Trinajstić information content (AvgIpc) is 2.92. The average molecular weight is 282 g/mol. The quantitative estimate of drug-likeness (QED) is 0.838. The molecule has 1 atom stereocenters. The monoisotopic (exact) mass is 282 g/mol. The second-order valence-corrected chi connectivity index (χ2v) is 6.67. The van der Waals surface area contributed by atoms with Crippen LogP contribution >= 0.6 is 0 Å². The molecule has 3 nitrogen and oxygen atoms in total. The van der Waals surface area contributed by atoms with Gasteiger partial charge in [-0.15, -0.1) is 0 Å². The molecule has 0 amide bonds. The normalized spacial score (nSPS) is 22.6. The first-order chi connectivity index (χ1) is 10.3. The van der Waals surface area contributed by atoms with E-state index in [0.717, 1.165) is 35.6 Å².